The van der Waals surface area contributed by atoms with Gasteiger partial charge in [-0.2, -0.15) is 4.31 Å². The van der Waals surface area contributed by atoms with Crippen LogP contribution in [0.3, 0.4) is 0 Å². The van der Waals surface area contributed by atoms with Crippen molar-refractivity contribution >= 4 is 15.8 Å². The van der Waals surface area contributed by atoms with Crippen molar-refractivity contribution in [3.63, 3.8) is 0 Å². The van der Waals surface area contributed by atoms with Gasteiger partial charge in [0.15, 0.2) is 0 Å². The summed E-state index contributed by atoms with van der Waals surface area (Å²) in [4.78, 5) is 4.17. The van der Waals surface area contributed by atoms with Gasteiger partial charge in [0.25, 0.3) is 0 Å². The number of hydrogen-bond acceptors (Lipinski definition) is 6. The van der Waals surface area contributed by atoms with Crippen LogP contribution in [0, 0.1) is 0 Å². The SMILES string of the molecule is CCCNc1ccc(S(=O)(=O)N(C)CC(O)COC)cn1. The normalized spacial score (nSPS) is 13.4. The molecule has 1 rings (SSSR count). The molecular formula is C13H23N3O4S. The van der Waals surface area contributed by atoms with Crippen LogP contribution in [-0.2, 0) is 14.8 Å². The number of likely N-dealkylation sites (N-methyl/N-ethyl adjacent to an activating group) is 1. The third-order valence-electron chi connectivity index (χ3n) is 2.83. The molecule has 8 heteroatoms. The second kappa shape index (κ2) is 8.28. The average molecular weight is 317 g/mol. The molecule has 0 fully saturated rings. The summed E-state index contributed by atoms with van der Waals surface area (Å²) in [6.45, 7) is 2.86. The van der Waals surface area contributed by atoms with E-state index in [-0.39, 0.29) is 18.0 Å². The van der Waals surface area contributed by atoms with Gasteiger partial charge >= 0.3 is 0 Å². The highest BCUT2D eigenvalue weighted by Crippen LogP contribution is 2.15. The van der Waals surface area contributed by atoms with Gasteiger partial charge in [-0.25, -0.2) is 13.4 Å². The second-order valence-corrected chi connectivity index (χ2v) is 6.75. The quantitative estimate of drug-likeness (QED) is 0.690. The van der Waals surface area contributed by atoms with Gasteiger partial charge in [0.2, 0.25) is 10.0 Å². The van der Waals surface area contributed by atoms with E-state index in [1.54, 1.807) is 6.07 Å². The van der Waals surface area contributed by atoms with Crippen LogP contribution in [0.4, 0.5) is 5.82 Å². The highest BCUT2D eigenvalue weighted by Gasteiger charge is 2.23. The molecule has 1 unspecified atom stereocenters. The maximum atomic E-state index is 12.3. The molecule has 2 N–H and O–H groups in total. The summed E-state index contributed by atoms with van der Waals surface area (Å²) >= 11 is 0. The van der Waals surface area contributed by atoms with Crippen LogP contribution in [-0.4, -0.2) is 62.8 Å². The summed E-state index contributed by atoms with van der Waals surface area (Å²) in [5, 5.41) is 12.7. The molecule has 120 valence electrons. The van der Waals surface area contributed by atoms with Gasteiger partial charge in [-0.15, -0.1) is 0 Å². The smallest absolute Gasteiger partial charge is 0.244 e. The Morgan fingerprint density at radius 2 is 2.19 bits per heavy atom. The lowest BCUT2D eigenvalue weighted by molar-refractivity contribution is 0.0554. The van der Waals surface area contributed by atoms with E-state index in [4.69, 9.17) is 4.74 Å². The van der Waals surface area contributed by atoms with Crippen molar-refractivity contribution in [1.29, 1.82) is 0 Å². The Labute approximate surface area is 126 Å². The van der Waals surface area contributed by atoms with E-state index in [0.717, 1.165) is 17.3 Å². The maximum Gasteiger partial charge on any atom is 0.244 e. The first-order chi connectivity index (χ1) is 9.91. The molecule has 21 heavy (non-hydrogen) atoms. The Kier molecular flexibility index (Phi) is 7.03. The van der Waals surface area contributed by atoms with Crippen LogP contribution in [0.5, 0.6) is 0 Å². The Morgan fingerprint density at radius 3 is 2.71 bits per heavy atom. The van der Waals surface area contributed by atoms with E-state index >= 15 is 0 Å². The Morgan fingerprint density at radius 1 is 1.48 bits per heavy atom. The molecule has 1 atom stereocenters. The first kappa shape index (κ1) is 17.8. The van der Waals surface area contributed by atoms with E-state index in [1.165, 1.54) is 26.4 Å². The fraction of sp³-hybridized carbons (Fsp3) is 0.615. The fourth-order valence-electron chi connectivity index (χ4n) is 1.71. The van der Waals surface area contributed by atoms with E-state index in [1.807, 2.05) is 6.92 Å². The highest BCUT2D eigenvalue weighted by atomic mass is 32.2. The summed E-state index contributed by atoms with van der Waals surface area (Å²) < 4.78 is 30.5. The van der Waals surface area contributed by atoms with Gasteiger partial charge < -0.3 is 15.2 Å². The van der Waals surface area contributed by atoms with E-state index in [9.17, 15) is 13.5 Å². The van der Waals surface area contributed by atoms with E-state index < -0.39 is 16.1 Å². The summed E-state index contributed by atoms with van der Waals surface area (Å²) in [7, 11) is -0.800. The largest absolute Gasteiger partial charge is 0.389 e. The number of nitrogens with zero attached hydrogens (tertiary/aromatic N) is 2. The number of nitrogens with one attached hydrogen (secondary N) is 1. The molecular weight excluding hydrogens is 294 g/mol. The van der Waals surface area contributed by atoms with Crippen LogP contribution in [0.1, 0.15) is 13.3 Å². The minimum absolute atomic E-state index is 0.0357. The molecule has 1 aromatic rings. The highest BCUT2D eigenvalue weighted by molar-refractivity contribution is 7.89. The van der Waals surface area contributed by atoms with Crippen LogP contribution in [0.15, 0.2) is 23.2 Å². The summed E-state index contributed by atoms with van der Waals surface area (Å²) in [5.41, 5.74) is 0. The molecule has 0 aliphatic rings. The van der Waals surface area contributed by atoms with Crippen molar-refractivity contribution in [1.82, 2.24) is 9.29 Å². The Hall–Kier alpha value is -1.22. The summed E-state index contributed by atoms with van der Waals surface area (Å²) in [6, 6.07) is 3.13. The van der Waals surface area contributed by atoms with Gasteiger partial charge in [0.1, 0.15) is 10.7 Å². The van der Waals surface area contributed by atoms with Crippen LogP contribution in [0.25, 0.3) is 0 Å². The number of aliphatic hydroxyl groups excluding tert-OH is 1. The lowest BCUT2D eigenvalue weighted by Gasteiger charge is -2.20. The monoisotopic (exact) mass is 317 g/mol. The summed E-state index contributed by atoms with van der Waals surface area (Å²) in [5.74, 6) is 0.637. The lowest BCUT2D eigenvalue weighted by Crippen LogP contribution is -2.36. The first-order valence-corrected chi connectivity index (χ1v) is 8.19. The van der Waals surface area contributed by atoms with Crippen molar-refractivity contribution in [3.05, 3.63) is 18.3 Å². The van der Waals surface area contributed by atoms with Crippen LogP contribution < -0.4 is 5.32 Å². The molecule has 1 aromatic heterocycles. The topological polar surface area (TPSA) is 91.8 Å². The number of rotatable bonds is 9. The van der Waals surface area contributed by atoms with Gasteiger partial charge in [-0.05, 0) is 18.6 Å². The second-order valence-electron chi connectivity index (χ2n) is 4.70. The van der Waals surface area contributed by atoms with Crippen LogP contribution >= 0.6 is 0 Å². The predicted molar refractivity (Wildman–Crippen MR) is 80.7 cm³/mol. The minimum Gasteiger partial charge on any atom is -0.389 e. The van der Waals surface area contributed by atoms with E-state index in [2.05, 4.69) is 10.3 Å². The molecule has 0 spiro atoms. The predicted octanol–water partition coefficient (Wildman–Crippen LogP) is 0.531. The third kappa shape index (κ3) is 5.24. The van der Waals surface area contributed by atoms with Gasteiger partial charge in [0.05, 0.1) is 12.7 Å². The standard InChI is InChI=1S/C13H23N3O4S/c1-4-7-14-13-6-5-12(8-15-13)21(18,19)16(2)9-11(17)10-20-3/h5-6,8,11,17H,4,7,9-10H2,1-3H3,(H,14,15). The molecule has 0 bridgehead atoms. The third-order valence-corrected chi connectivity index (χ3v) is 4.63. The maximum absolute atomic E-state index is 12.3. The number of aromatic nitrogens is 1. The molecule has 7 nitrogen and oxygen atoms in total. The van der Waals surface area contributed by atoms with Crippen molar-refractivity contribution in [2.24, 2.45) is 0 Å². The van der Waals surface area contributed by atoms with Crippen molar-refractivity contribution in [2.45, 2.75) is 24.3 Å². The number of hydrogen-bond donors (Lipinski definition) is 2. The molecule has 0 radical (unpaired) electrons. The number of sulfonamides is 1. The van der Waals surface area contributed by atoms with Crippen molar-refractivity contribution in [3.8, 4) is 0 Å². The zero-order valence-electron chi connectivity index (χ0n) is 12.6. The zero-order chi connectivity index (χ0) is 15.9. The van der Waals surface area contributed by atoms with Gasteiger partial charge in [-0.3, -0.25) is 0 Å². The summed E-state index contributed by atoms with van der Waals surface area (Å²) in [6.07, 6.45) is 1.40. The van der Waals surface area contributed by atoms with Crippen LogP contribution in [0.2, 0.25) is 0 Å². The molecule has 0 aromatic carbocycles. The molecule has 0 amide bonds. The fourth-order valence-corrected chi connectivity index (χ4v) is 2.86. The Bertz CT molecular complexity index is 519. The van der Waals surface area contributed by atoms with Gasteiger partial charge in [0, 0.05) is 33.4 Å². The van der Waals surface area contributed by atoms with E-state index in [0.29, 0.717) is 5.82 Å². The molecule has 0 saturated heterocycles. The molecule has 0 aliphatic heterocycles. The van der Waals surface area contributed by atoms with Crippen molar-refractivity contribution < 1.29 is 18.3 Å². The number of methoxy groups -OCH3 is 1. The number of anilines is 1. The number of ether oxygens (including phenoxy) is 1. The molecule has 0 aliphatic carbocycles. The zero-order valence-corrected chi connectivity index (χ0v) is 13.4. The average Bonchev–Trinajstić information content (AvgIpc) is 2.45. The molecule has 0 saturated carbocycles. The van der Waals surface area contributed by atoms with Gasteiger partial charge in [-0.1, -0.05) is 6.92 Å². The number of pyridine rings is 1. The minimum atomic E-state index is -3.66. The van der Waals surface area contributed by atoms with Crippen molar-refractivity contribution in [2.75, 3.05) is 39.2 Å². The first-order valence-electron chi connectivity index (χ1n) is 6.75. The Balaban J connectivity index is 2.77. The number of aliphatic hydroxyl groups is 1. The molecule has 1 heterocycles. The lowest BCUT2D eigenvalue weighted by atomic mass is 10.4.